The Bertz CT molecular complexity index is 1460. The average Bonchev–Trinajstić information content (AvgIpc) is 3.39. The molecule has 4 rings (SSSR count). The molecule has 0 unspecified atom stereocenters. The molecule has 0 saturated carbocycles. The lowest BCUT2D eigenvalue weighted by Gasteiger charge is -2.27. The van der Waals surface area contributed by atoms with Crippen molar-refractivity contribution in [2.75, 3.05) is 13.7 Å². The van der Waals surface area contributed by atoms with Crippen molar-refractivity contribution in [2.45, 2.75) is 32.2 Å². The number of methoxy groups -OCH3 is 1. The van der Waals surface area contributed by atoms with Gasteiger partial charge < -0.3 is 19.5 Å². The molecule has 0 atom stereocenters. The van der Waals surface area contributed by atoms with E-state index in [1.54, 1.807) is 42.7 Å². The number of alkyl halides is 3. The second-order valence-electron chi connectivity index (χ2n) is 9.16. The molecule has 0 aliphatic carbocycles. The Kier molecular flexibility index (Phi) is 9.40. The first-order valence-corrected chi connectivity index (χ1v) is 13.0. The third-order valence-corrected chi connectivity index (χ3v) is 6.80. The van der Waals surface area contributed by atoms with E-state index >= 15 is 0 Å². The summed E-state index contributed by atoms with van der Waals surface area (Å²) in [7, 11) is 1.57. The number of nitrogens with one attached hydrogen (secondary N) is 1. The molecule has 0 radical (unpaired) electrons. The van der Waals surface area contributed by atoms with Crippen LogP contribution in [0.25, 0.3) is 0 Å². The fourth-order valence-electron chi connectivity index (χ4n) is 4.28. The van der Waals surface area contributed by atoms with Crippen LogP contribution in [0.4, 0.5) is 13.2 Å². The minimum absolute atomic E-state index is 0.00975. The number of hydrogen-bond donors (Lipinski definition) is 1. The molecular formula is C30H28F3N5OS. The standard InChI is InChI=1S/C30H28F3N5OS/c1-39-27-12-10-24(11-13-27)18-37(20-25-4-2-3-5-28(25)30(31,32)33)29(40)36-15-14-26-17-35-21-38(26)19-23-8-6-22(16-34)7-9-23/h2-13,17,21H,14-15,18-20H2,1H3,(H,36,40). The number of aromatic nitrogens is 2. The van der Waals surface area contributed by atoms with Crippen molar-refractivity contribution >= 4 is 17.3 Å². The van der Waals surface area contributed by atoms with Crippen LogP contribution in [0.3, 0.4) is 0 Å². The lowest BCUT2D eigenvalue weighted by atomic mass is 10.1. The maximum absolute atomic E-state index is 13.7. The van der Waals surface area contributed by atoms with Gasteiger partial charge in [0.1, 0.15) is 5.75 Å². The molecule has 4 aromatic rings. The molecular weight excluding hydrogens is 535 g/mol. The summed E-state index contributed by atoms with van der Waals surface area (Å²) >= 11 is 5.68. The molecule has 1 aromatic heterocycles. The van der Waals surface area contributed by atoms with Crippen molar-refractivity contribution in [3.63, 3.8) is 0 Å². The van der Waals surface area contributed by atoms with Gasteiger partial charge in [-0.25, -0.2) is 4.98 Å². The van der Waals surface area contributed by atoms with Crippen LogP contribution in [-0.4, -0.2) is 33.2 Å². The zero-order valence-corrected chi connectivity index (χ0v) is 22.7. The maximum atomic E-state index is 13.7. The van der Waals surface area contributed by atoms with E-state index in [-0.39, 0.29) is 12.1 Å². The lowest BCUT2D eigenvalue weighted by Crippen LogP contribution is -2.40. The third kappa shape index (κ3) is 7.61. The number of thiocarbonyl (C=S) groups is 1. The topological polar surface area (TPSA) is 66.1 Å². The van der Waals surface area contributed by atoms with Gasteiger partial charge in [-0.2, -0.15) is 18.4 Å². The summed E-state index contributed by atoms with van der Waals surface area (Å²) in [6.07, 6.45) is -0.338. The van der Waals surface area contributed by atoms with Crippen molar-refractivity contribution < 1.29 is 17.9 Å². The highest BCUT2D eigenvalue weighted by Crippen LogP contribution is 2.32. The van der Waals surface area contributed by atoms with Crippen molar-refractivity contribution in [1.29, 1.82) is 5.26 Å². The first-order chi connectivity index (χ1) is 19.3. The molecule has 0 amide bonds. The van der Waals surface area contributed by atoms with E-state index in [0.29, 0.717) is 42.5 Å². The fraction of sp³-hybridized carbons (Fsp3) is 0.233. The van der Waals surface area contributed by atoms with Gasteiger partial charge in [0, 0.05) is 44.5 Å². The molecule has 1 N–H and O–H groups in total. The van der Waals surface area contributed by atoms with E-state index in [9.17, 15) is 13.2 Å². The summed E-state index contributed by atoms with van der Waals surface area (Å²) in [5.74, 6) is 0.691. The van der Waals surface area contributed by atoms with E-state index in [1.807, 2.05) is 41.0 Å². The first kappa shape index (κ1) is 28.6. The molecule has 206 valence electrons. The Hall–Kier alpha value is -4.36. The molecule has 6 nitrogen and oxygen atoms in total. The van der Waals surface area contributed by atoms with Crippen molar-refractivity contribution in [1.82, 2.24) is 19.8 Å². The van der Waals surface area contributed by atoms with Crippen molar-refractivity contribution in [3.05, 3.63) is 119 Å². The van der Waals surface area contributed by atoms with E-state index in [0.717, 1.165) is 22.9 Å². The van der Waals surface area contributed by atoms with E-state index < -0.39 is 11.7 Å². The number of nitrogens with zero attached hydrogens (tertiary/aromatic N) is 4. The fourth-order valence-corrected chi connectivity index (χ4v) is 4.51. The van der Waals surface area contributed by atoms with Gasteiger partial charge in [0.15, 0.2) is 5.11 Å². The summed E-state index contributed by atoms with van der Waals surface area (Å²) < 4.78 is 48.3. The number of imidazole rings is 1. The largest absolute Gasteiger partial charge is 0.497 e. The second-order valence-corrected chi connectivity index (χ2v) is 9.55. The molecule has 0 aliphatic rings. The molecule has 40 heavy (non-hydrogen) atoms. The molecule has 0 fully saturated rings. The van der Waals surface area contributed by atoms with Gasteiger partial charge in [-0.15, -0.1) is 0 Å². The Morgan fingerprint density at radius 3 is 2.40 bits per heavy atom. The van der Waals surface area contributed by atoms with Crippen LogP contribution in [0.2, 0.25) is 0 Å². The Morgan fingerprint density at radius 2 is 1.73 bits per heavy atom. The summed E-state index contributed by atoms with van der Waals surface area (Å²) in [5, 5.41) is 12.6. The van der Waals surface area contributed by atoms with E-state index in [1.165, 1.54) is 12.1 Å². The SMILES string of the molecule is COc1ccc(CN(Cc2ccccc2C(F)(F)F)C(=S)NCCc2cncn2Cc2ccc(C#N)cc2)cc1. The van der Waals surface area contributed by atoms with Gasteiger partial charge in [0.2, 0.25) is 0 Å². The molecule has 0 aliphatic heterocycles. The van der Waals surface area contributed by atoms with Crippen LogP contribution >= 0.6 is 12.2 Å². The van der Waals surface area contributed by atoms with Gasteiger partial charge in [-0.3, -0.25) is 0 Å². The summed E-state index contributed by atoms with van der Waals surface area (Å²) in [6, 6.07) is 22.4. The number of rotatable bonds is 10. The van der Waals surface area contributed by atoms with Gasteiger partial charge in [0.25, 0.3) is 0 Å². The summed E-state index contributed by atoms with van der Waals surface area (Å²) in [4.78, 5) is 6.00. The third-order valence-electron chi connectivity index (χ3n) is 6.40. The maximum Gasteiger partial charge on any atom is 0.416 e. The Balaban J connectivity index is 1.45. The number of nitriles is 1. The van der Waals surface area contributed by atoms with Crippen LogP contribution in [0.15, 0.2) is 85.3 Å². The van der Waals surface area contributed by atoms with Gasteiger partial charge in [0.05, 0.1) is 30.6 Å². The zero-order chi connectivity index (χ0) is 28.5. The highest BCUT2D eigenvalue weighted by molar-refractivity contribution is 7.80. The van der Waals surface area contributed by atoms with Crippen molar-refractivity contribution in [2.24, 2.45) is 0 Å². The van der Waals surface area contributed by atoms with Gasteiger partial charge in [-0.05, 0) is 59.2 Å². The van der Waals surface area contributed by atoms with Crippen LogP contribution in [0, 0.1) is 11.3 Å². The quantitative estimate of drug-likeness (QED) is 0.241. The second kappa shape index (κ2) is 13.1. The normalized spacial score (nSPS) is 11.1. The van der Waals surface area contributed by atoms with E-state index in [4.69, 9.17) is 22.2 Å². The minimum atomic E-state index is -4.47. The predicted octanol–water partition coefficient (Wildman–Crippen LogP) is 5.95. The molecule has 0 spiro atoms. The number of halogens is 3. The molecule has 10 heteroatoms. The number of ether oxygens (including phenoxy) is 1. The molecule has 1 heterocycles. The average molecular weight is 564 g/mol. The number of benzene rings is 3. The predicted molar refractivity (Wildman–Crippen MR) is 150 cm³/mol. The molecule has 0 bridgehead atoms. The summed E-state index contributed by atoms with van der Waals surface area (Å²) in [5.41, 5.74) is 2.97. The zero-order valence-electron chi connectivity index (χ0n) is 21.9. The van der Waals surface area contributed by atoms with E-state index in [2.05, 4.69) is 16.4 Å². The van der Waals surface area contributed by atoms with Crippen LogP contribution < -0.4 is 10.1 Å². The molecule has 3 aromatic carbocycles. The summed E-state index contributed by atoms with van der Waals surface area (Å²) in [6.45, 7) is 1.38. The van der Waals surface area contributed by atoms with Gasteiger partial charge in [-0.1, -0.05) is 42.5 Å². The van der Waals surface area contributed by atoms with Crippen LogP contribution in [0.1, 0.15) is 33.5 Å². The highest BCUT2D eigenvalue weighted by Gasteiger charge is 2.33. The minimum Gasteiger partial charge on any atom is -0.497 e. The van der Waals surface area contributed by atoms with Crippen molar-refractivity contribution in [3.8, 4) is 11.8 Å². The molecule has 0 saturated heterocycles. The van der Waals surface area contributed by atoms with Crippen LogP contribution in [-0.2, 0) is 32.2 Å². The monoisotopic (exact) mass is 563 g/mol. The number of hydrogen-bond acceptors (Lipinski definition) is 4. The highest BCUT2D eigenvalue weighted by atomic mass is 32.1. The van der Waals surface area contributed by atoms with Gasteiger partial charge >= 0.3 is 6.18 Å². The van der Waals surface area contributed by atoms with Crippen LogP contribution in [0.5, 0.6) is 5.75 Å². The Morgan fingerprint density at radius 1 is 1.02 bits per heavy atom. The first-order valence-electron chi connectivity index (χ1n) is 12.6. The smallest absolute Gasteiger partial charge is 0.416 e. The Labute approximate surface area is 236 Å². The lowest BCUT2D eigenvalue weighted by molar-refractivity contribution is -0.138.